The first-order valence-corrected chi connectivity index (χ1v) is 10.5. The first kappa shape index (κ1) is 20.5. The van der Waals surface area contributed by atoms with E-state index in [1.54, 1.807) is 0 Å². The van der Waals surface area contributed by atoms with E-state index in [9.17, 15) is 30.3 Å². The summed E-state index contributed by atoms with van der Waals surface area (Å²) in [6.07, 6.45) is -1.27. The monoisotopic (exact) mass is 441 g/mol. The van der Waals surface area contributed by atoms with Crippen LogP contribution in [0.2, 0.25) is 0 Å². The van der Waals surface area contributed by atoms with Gasteiger partial charge in [0.1, 0.15) is 9.79 Å². The molecule has 0 saturated heterocycles. The molecule has 0 saturated carbocycles. The van der Waals surface area contributed by atoms with Gasteiger partial charge in [-0.2, -0.15) is 36.2 Å². The Morgan fingerprint density at radius 1 is 0.690 bits per heavy atom. The van der Waals surface area contributed by atoms with Gasteiger partial charge >= 0.3 is 6.08 Å². The molecule has 1 heterocycles. The second kappa shape index (κ2) is 7.67. The van der Waals surface area contributed by atoms with Gasteiger partial charge in [-0.1, -0.05) is 24.3 Å². The average molecular weight is 441 g/mol. The molecule has 0 aliphatic carbocycles. The second-order valence-electron chi connectivity index (χ2n) is 5.44. The smallest absolute Gasteiger partial charge is 0.315 e. The molecule has 4 N–H and O–H groups in total. The SMILES string of the molecule is O=S(=O)(O)c1ccccc1Nc1nc(F)nc(Nc2ccccc2S(=O)(=O)O)n1. The quantitative estimate of drug-likeness (QED) is 0.412. The van der Waals surface area contributed by atoms with Crippen LogP contribution in [0.1, 0.15) is 0 Å². The molecule has 0 aliphatic rings. The Morgan fingerprint density at radius 3 is 1.45 bits per heavy atom. The molecule has 152 valence electrons. The van der Waals surface area contributed by atoms with Gasteiger partial charge in [-0.3, -0.25) is 9.11 Å². The Hall–Kier alpha value is -3.20. The number of benzene rings is 2. The van der Waals surface area contributed by atoms with Crippen molar-refractivity contribution < 1.29 is 30.3 Å². The average Bonchev–Trinajstić information content (AvgIpc) is 2.60. The number of nitrogens with zero attached hydrogens (tertiary/aromatic N) is 3. The highest BCUT2D eigenvalue weighted by molar-refractivity contribution is 7.86. The van der Waals surface area contributed by atoms with E-state index in [4.69, 9.17) is 0 Å². The third kappa shape index (κ3) is 5.00. The molecular formula is C15H12FN5O6S2. The van der Waals surface area contributed by atoms with Gasteiger partial charge in [0.05, 0.1) is 11.4 Å². The van der Waals surface area contributed by atoms with Crippen molar-refractivity contribution in [2.24, 2.45) is 0 Å². The molecule has 0 fully saturated rings. The van der Waals surface area contributed by atoms with Crippen molar-refractivity contribution in [3.63, 3.8) is 0 Å². The third-order valence-electron chi connectivity index (χ3n) is 3.43. The fraction of sp³-hybridized carbons (Fsp3) is 0. The van der Waals surface area contributed by atoms with E-state index in [0.29, 0.717) is 0 Å². The fourth-order valence-electron chi connectivity index (χ4n) is 2.29. The van der Waals surface area contributed by atoms with Crippen LogP contribution in [0.5, 0.6) is 0 Å². The van der Waals surface area contributed by atoms with E-state index in [1.807, 2.05) is 0 Å². The van der Waals surface area contributed by atoms with E-state index in [2.05, 4.69) is 25.6 Å². The molecule has 3 rings (SSSR count). The fourth-order valence-corrected chi connectivity index (χ4v) is 3.59. The van der Waals surface area contributed by atoms with Gasteiger partial charge in [0.15, 0.2) is 0 Å². The van der Waals surface area contributed by atoms with Crippen LogP contribution in [0.15, 0.2) is 58.3 Å². The third-order valence-corrected chi connectivity index (χ3v) is 5.25. The number of aromatic nitrogens is 3. The number of rotatable bonds is 6. The zero-order chi connectivity index (χ0) is 21.2. The number of para-hydroxylation sites is 2. The molecule has 0 atom stereocenters. The van der Waals surface area contributed by atoms with Crippen molar-refractivity contribution in [2.75, 3.05) is 10.6 Å². The summed E-state index contributed by atoms with van der Waals surface area (Å²) < 4.78 is 78.1. The summed E-state index contributed by atoms with van der Waals surface area (Å²) in [5.41, 5.74) is -0.269. The van der Waals surface area contributed by atoms with Crippen LogP contribution in [0, 0.1) is 6.08 Å². The highest BCUT2D eigenvalue weighted by Gasteiger charge is 2.18. The normalized spacial score (nSPS) is 11.8. The minimum atomic E-state index is -4.58. The lowest BCUT2D eigenvalue weighted by atomic mass is 10.3. The molecule has 2 aromatic carbocycles. The van der Waals surface area contributed by atoms with Gasteiger partial charge in [-0.25, -0.2) is 0 Å². The summed E-state index contributed by atoms with van der Waals surface area (Å²) in [5, 5.41) is 4.88. The molecular weight excluding hydrogens is 429 g/mol. The highest BCUT2D eigenvalue weighted by atomic mass is 32.2. The van der Waals surface area contributed by atoms with Gasteiger partial charge in [0.2, 0.25) is 11.9 Å². The molecule has 1 aromatic heterocycles. The van der Waals surface area contributed by atoms with Crippen molar-refractivity contribution in [1.82, 2.24) is 15.0 Å². The standard InChI is InChI=1S/C15H12FN5O6S2/c16-13-19-14(17-9-5-1-3-7-11(9)28(22,23)24)21-15(20-13)18-10-6-2-4-8-12(10)29(25,26)27/h1-8H,(H,22,23,24)(H,25,26,27)(H2,17,18,19,20,21). The number of hydrogen-bond donors (Lipinski definition) is 4. The Balaban J connectivity index is 1.98. The van der Waals surface area contributed by atoms with Crippen molar-refractivity contribution >= 4 is 43.5 Å². The Bertz CT molecular complexity index is 1190. The molecule has 0 spiro atoms. The van der Waals surface area contributed by atoms with Crippen LogP contribution >= 0.6 is 0 Å². The molecule has 0 aliphatic heterocycles. The first-order chi connectivity index (χ1) is 13.5. The maximum atomic E-state index is 13.8. The van der Waals surface area contributed by atoms with Crippen LogP contribution in [0.4, 0.5) is 27.7 Å². The first-order valence-electron chi connectivity index (χ1n) is 7.63. The van der Waals surface area contributed by atoms with Gasteiger partial charge < -0.3 is 10.6 Å². The highest BCUT2D eigenvalue weighted by Crippen LogP contribution is 2.25. The number of anilines is 4. The van der Waals surface area contributed by atoms with Crippen LogP contribution in [-0.2, 0) is 20.2 Å². The van der Waals surface area contributed by atoms with Crippen molar-refractivity contribution in [3.8, 4) is 0 Å². The van der Waals surface area contributed by atoms with Crippen LogP contribution in [0.3, 0.4) is 0 Å². The second-order valence-corrected chi connectivity index (χ2v) is 8.22. The molecule has 3 aromatic rings. The Morgan fingerprint density at radius 2 is 1.07 bits per heavy atom. The lowest BCUT2D eigenvalue weighted by Gasteiger charge is -2.11. The summed E-state index contributed by atoms with van der Waals surface area (Å²) in [7, 11) is -9.16. The minimum Gasteiger partial charge on any atom is -0.323 e. The lowest BCUT2D eigenvalue weighted by molar-refractivity contribution is 0.481. The summed E-state index contributed by atoms with van der Waals surface area (Å²) in [6.45, 7) is 0. The summed E-state index contributed by atoms with van der Waals surface area (Å²) in [5.74, 6) is -0.860. The maximum absolute atomic E-state index is 13.8. The molecule has 11 nitrogen and oxygen atoms in total. The minimum absolute atomic E-state index is 0.134. The Kier molecular flexibility index (Phi) is 5.43. The van der Waals surface area contributed by atoms with Gasteiger partial charge in [0.25, 0.3) is 20.2 Å². The molecule has 0 radical (unpaired) electrons. The number of hydrogen-bond acceptors (Lipinski definition) is 9. The predicted octanol–water partition coefficient (Wildman–Crippen LogP) is 1.99. The van der Waals surface area contributed by atoms with Crippen molar-refractivity contribution in [2.45, 2.75) is 9.79 Å². The molecule has 29 heavy (non-hydrogen) atoms. The van der Waals surface area contributed by atoms with E-state index < -0.39 is 48.0 Å². The maximum Gasteiger partial charge on any atom is 0.315 e. The molecule has 14 heteroatoms. The lowest BCUT2D eigenvalue weighted by Crippen LogP contribution is -2.10. The van der Waals surface area contributed by atoms with Crippen LogP contribution in [0.25, 0.3) is 0 Å². The summed E-state index contributed by atoms with van der Waals surface area (Å²) in [6, 6.07) is 10.4. The Labute approximate surface area is 164 Å². The van der Waals surface area contributed by atoms with Crippen LogP contribution in [-0.4, -0.2) is 40.9 Å². The zero-order valence-electron chi connectivity index (χ0n) is 14.2. The summed E-state index contributed by atoms with van der Waals surface area (Å²) >= 11 is 0. The topological polar surface area (TPSA) is 171 Å². The van der Waals surface area contributed by atoms with Crippen molar-refractivity contribution in [1.29, 1.82) is 0 Å². The molecule has 0 bridgehead atoms. The van der Waals surface area contributed by atoms with Gasteiger partial charge in [0, 0.05) is 0 Å². The van der Waals surface area contributed by atoms with Gasteiger partial charge in [-0.05, 0) is 24.3 Å². The summed E-state index contributed by atoms with van der Waals surface area (Å²) in [4.78, 5) is 9.61. The van der Waals surface area contributed by atoms with Crippen molar-refractivity contribution in [3.05, 3.63) is 54.6 Å². The number of nitrogens with one attached hydrogen (secondary N) is 2. The molecule has 0 amide bonds. The van der Waals surface area contributed by atoms with Crippen LogP contribution < -0.4 is 10.6 Å². The van der Waals surface area contributed by atoms with E-state index >= 15 is 0 Å². The largest absolute Gasteiger partial charge is 0.323 e. The van der Waals surface area contributed by atoms with E-state index in [-0.39, 0.29) is 11.4 Å². The predicted molar refractivity (Wildman–Crippen MR) is 98.9 cm³/mol. The number of halogens is 1. The van der Waals surface area contributed by atoms with Gasteiger partial charge in [-0.15, -0.1) is 0 Å². The van der Waals surface area contributed by atoms with E-state index in [1.165, 1.54) is 36.4 Å². The van der Waals surface area contributed by atoms with E-state index in [0.717, 1.165) is 12.1 Å². The zero-order valence-corrected chi connectivity index (χ0v) is 15.8. The molecule has 0 unspecified atom stereocenters.